The lowest BCUT2D eigenvalue weighted by atomic mass is 9.84. The van der Waals surface area contributed by atoms with E-state index in [1.807, 2.05) is 6.07 Å². The van der Waals surface area contributed by atoms with Crippen LogP contribution in [-0.4, -0.2) is 66.6 Å². The molecule has 2 atom stereocenters. The molecular weight excluding hydrogens is 491 g/mol. The van der Waals surface area contributed by atoms with Crippen LogP contribution in [-0.2, 0) is 17.4 Å². The van der Waals surface area contributed by atoms with E-state index in [0.717, 1.165) is 19.4 Å². The molecule has 0 amide bonds. The summed E-state index contributed by atoms with van der Waals surface area (Å²) in [5.41, 5.74) is 0.222. The van der Waals surface area contributed by atoms with E-state index in [1.165, 1.54) is 23.7 Å². The fraction of sp³-hybridized carbons (Fsp3) is 0.538. The molecule has 6 heterocycles. The molecule has 1 aromatic carbocycles. The Morgan fingerprint density at radius 2 is 2.08 bits per heavy atom. The van der Waals surface area contributed by atoms with Crippen LogP contribution < -0.4 is 21.1 Å². The Morgan fingerprint density at radius 1 is 1.24 bits per heavy atom. The Bertz CT molecular complexity index is 1480. The van der Waals surface area contributed by atoms with E-state index >= 15 is 0 Å². The van der Waals surface area contributed by atoms with Crippen LogP contribution in [0.5, 0.6) is 5.75 Å². The van der Waals surface area contributed by atoms with E-state index < -0.39 is 11.4 Å². The predicted octanol–water partition coefficient (Wildman–Crippen LogP) is 2.68. The highest BCUT2D eigenvalue weighted by atomic mass is 19.1. The highest BCUT2D eigenvalue weighted by molar-refractivity contribution is 5.64. The Balaban J connectivity index is 1.15. The summed E-state index contributed by atoms with van der Waals surface area (Å²) in [5, 5.41) is 10.9. The second-order valence-electron chi connectivity index (χ2n) is 11.4. The van der Waals surface area contributed by atoms with Crippen molar-refractivity contribution in [3.05, 3.63) is 46.5 Å². The van der Waals surface area contributed by atoms with Gasteiger partial charge in [-0.2, -0.15) is 10.1 Å². The Morgan fingerprint density at radius 3 is 2.87 bits per heavy atom. The van der Waals surface area contributed by atoms with Crippen LogP contribution >= 0.6 is 0 Å². The number of ether oxygens (including phenoxy) is 2. The molecular formula is C26H31FN8O3. The van der Waals surface area contributed by atoms with Gasteiger partial charge in [0, 0.05) is 30.4 Å². The van der Waals surface area contributed by atoms with E-state index in [-0.39, 0.29) is 29.0 Å². The number of aryl methyl sites for hydroxylation is 1. The van der Waals surface area contributed by atoms with Gasteiger partial charge in [0.1, 0.15) is 5.75 Å². The summed E-state index contributed by atoms with van der Waals surface area (Å²) >= 11 is 0. The second kappa shape index (κ2) is 8.24. The molecule has 0 saturated carbocycles. The first kappa shape index (κ1) is 23.6. The van der Waals surface area contributed by atoms with E-state index in [2.05, 4.69) is 44.4 Å². The fourth-order valence-corrected chi connectivity index (χ4v) is 6.54. The van der Waals surface area contributed by atoms with Crippen molar-refractivity contribution in [1.29, 1.82) is 0 Å². The third-order valence-corrected chi connectivity index (χ3v) is 8.31. The lowest BCUT2D eigenvalue weighted by Gasteiger charge is -2.47. The van der Waals surface area contributed by atoms with Crippen LogP contribution in [0.4, 0.5) is 21.8 Å². The lowest BCUT2D eigenvalue weighted by Crippen LogP contribution is -2.55. The Labute approximate surface area is 219 Å². The van der Waals surface area contributed by atoms with Crippen LogP contribution in [0.2, 0.25) is 0 Å². The van der Waals surface area contributed by atoms with E-state index in [0.29, 0.717) is 42.2 Å². The Kier molecular flexibility index (Phi) is 5.12. The first-order valence-electron chi connectivity index (χ1n) is 13.1. The summed E-state index contributed by atoms with van der Waals surface area (Å²) in [7, 11) is 1.61. The molecule has 3 aromatic rings. The van der Waals surface area contributed by atoms with Gasteiger partial charge in [0.15, 0.2) is 17.5 Å². The topological polar surface area (TPSA) is 111 Å². The maximum Gasteiger partial charge on any atom is 0.350 e. The minimum atomic E-state index is -0.758. The van der Waals surface area contributed by atoms with Crippen molar-refractivity contribution in [2.45, 2.75) is 62.8 Å². The molecule has 3 fully saturated rings. The zero-order valence-electron chi connectivity index (χ0n) is 21.7. The number of hydrogen-bond acceptors (Lipinski definition) is 9. The highest BCUT2D eigenvalue weighted by Gasteiger charge is 2.51. The zero-order valence-corrected chi connectivity index (χ0v) is 21.7. The monoisotopic (exact) mass is 522 g/mol. The van der Waals surface area contributed by atoms with Gasteiger partial charge in [-0.25, -0.2) is 23.4 Å². The summed E-state index contributed by atoms with van der Waals surface area (Å²) in [6, 6.07) is 6.03. The van der Waals surface area contributed by atoms with Gasteiger partial charge in [-0.3, -0.25) is 4.90 Å². The summed E-state index contributed by atoms with van der Waals surface area (Å²) in [6.45, 7) is 6.33. The number of aromatic nitrogens is 5. The van der Waals surface area contributed by atoms with E-state index in [4.69, 9.17) is 9.47 Å². The van der Waals surface area contributed by atoms with Gasteiger partial charge in [0.05, 0.1) is 25.1 Å². The fourth-order valence-electron chi connectivity index (χ4n) is 6.54. The molecule has 7 rings (SSSR count). The number of piperidine rings is 1. The van der Waals surface area contributed by atoms with E-state index in [9.17, 15) is 9.18 Å². The zero-order chi connectivity index (χ0) is 26.2. The highest BCUT2D eigenvalue weighted by Crippen LogP contribution is 2.43. The number of anilines is 3. The lowest BCUT2D eigenvalue weighted by molar-refractivity contribution is -0.176. The first-order chi connectivity index (χ1) is 18.2. The van der Waals surface area contributed by atoms with Crippen molar-refractivity contribution < 1.29 is 13.9 Å². The largest absolute Gasteiger partial charge is 0.472 e. The molecule has 0 aliphatic carbocycles. The number of rotatable bonds is 4. The third-order valence-electron chi connectivity index (χ3n) is 8.31. The smallest absolute Gasteiger partial charge is 0.350 e. The molecule has 38 heavy (non-hydrogen) atoms. The number of nitrogens with zero attached hydrogens (tertiary/aromatic N) is 6. The van der Waals surface area contributed by atoms with Crippen LogP contribution in [0, 0.1) is 5.82 Å². The van der Waals surface area contributed by atoms with Gasteiger partial charge < -0.3 is 20.1 Å². The summed E-state index contributed by atoms with van der Waals surface area (Å²) in [4.78, 5) is 24.1. The standard InChI is InChI=1S/C26H31FN8O3/c1-25(2)11-16(9-17-5-4-8-34(17)25)29-21-18(27)12-28-23(31-21)30-15-6-7-20-19(10-15)35-22(32-33(3)24(35)36)26(38-20)13-37-14-26/h6-7,10,12,16-17H,4-5,8-9,11,13-14H2,1-3H3,(H2,28,29,30,31). The molecule has 4 aliphatic rings. The summed E-state index contributed by atoms with van der Waals surface area (Å²) < 4.78 is 29.3. The molecule has 4 aliphatic heterocycles. The maximum absolute atomic E-state index is 14.8. The first-order valence-corrected chi connectivity index (χ1v) is 13.1. The summed E-state index contributed by atoms with van der Waals surface area (Å²) in [5.74, 6) is 1.03. The molecule has 2 N–H and O–H groups in total. The molecule has 0 radical (unpaired) electrons. The minimum Gasteiger partial charge on any atom is -0.472 e. The second-order valence-corrected chi connectivity index (χ2v) is 11.4. The van der Waals surface area contributed by atoms with Crippen LogP contribution in [0.3, 0.4) is 0 Å². The van der Waals surface area contributed by atoms with Crippen molar-refractivity contribution in [2.24, 2.45) is 7.05 Å². The molecule has 0 bridgehead atoms. The number of fused-ring (bicyclic) bond motifs is 5. The van der Waals surface area contributed by atoms with Crippen molar-refractivity contribution >= 4 is 17.5 Å². The van der Waals surface area contributed by atoms with E-state index in [1.54, 1.807) is 23.7 Å². The maximum atomic E-state index is 14.8. The number of benzene rings is 1. The SMILES string of the molecule is Cn1nc2n(c1=O)-c1cc(Nc3ncc(F)c(NC4CC5CCCN5C(C)(C)C4)n3)ccc1OC21COC1. The number of halogens is 1. The van der Waals surface area contributed by atoms with Crippen molar-refractivity contribution in [1.82, 2.24) is 29.2 Å². The number of nitrogens with one attached hydrogen (secondary N) is 2. The van der Waals surface area contributed by atoms with Gasteiger partial charge >= 0.3 is 5.69 Å². The predicted molar refractivity (Wildman–Crippen MR) is 138 cm³/mol. The quantitative estimate of drug-likeness (QED) is 0.534. The van der Waals surface area contributed by atoms with Crippen molar-refractivity contribution in [2.75, 3.05) is 30.4 Å². The van der Waals surface area contributed by atoms with Gasteiger partial charge in [-0.1, -0.05) is 0 Å². The molecule has 2 aromatic heterocycles. The van der Waals surface area contributed by atoms with Gasteiger partial charge in [0.25, 0.3) is 0 Å². The van der Waals surface area contributed by atoms with Gasteiger partial charge in [0.2, 0.25) is 11.5 Å². The minimum absolute atomic E-state index is 0.0558. The molecule has 11 nitrogen and oxygen atoms in total. The van der Waals surface area contributed by atoms with Gasteiger partial charge in [-0.15, -0.1) is 0 Å². The summed E-state index contributed by atoms with van der Waals surface area (Å²) in [6.07, 6.45) is 5.45. The van der Waals surface area contributed by atoms with Crippen LogP contribution in [0.25, 0.3) is 5.69 Å². The third kappa shape index (κ3) is 3.61. The molecule has 200 valence electrons. The normalized spacial score (nSPS) is 24.6. The van der Waals surface area contributed by atoms with Crippen LogP contribution in [0.15, 0.2) is 29.2 Å². The molecule has 1 spiro atoms. The van der Waals surface area contributed by atoms with Crippen LogP contribution in [0.1, 0.15) is 45.4 Å². The van der Waals surface area contributed by atoms with Gasteiger partial charge in [-0.05, 0) is 64.3 Å². The Hall–Kier alpha value is -3.51. The average Bonchev–Trinajstić information content (AvgIpc) is 3.45. The average molecular weight is 523 g/mol. The molecule has 12 heteroatoms. The molecule has 2 unspecified atom stereocenters. The molecule has 3 saturated heterocycles. The van der Waals surface area contributed by atoms with Crippen molar-refractivity contribution in [3.8, 4) is 11.4 Å². The van der Waals surface area contributed by atoms with Crippen molar-refractivity contribution in [3.63, 3.8) is 0 Å². The number of hydrogen-bond donors (Lipinski definition) is 2.